The Bertz CT molecular complexity index is 331. The van der Waals surface area contributed by atoms with Crippen molar-refractivity contribution in [3.63, 3.8) is 0 Å². The van der Waals surface area contributed by atoms with Gasteiger partial charge in [-0.3, -0.25) is 0 Å². The molecule has 5 heteroatoms. The number of rotatable bonds is 3. The molecule has 2 unspecified atom stereocenters. The largest absolute Gasteiger partial charge is 0.395 e. The maximum absolute atomic E-state index is 9.57. The van der Waals surface area contributed by atoms with E-state index in [0.717, 1.165) is 0 Å². The number of nitrogens with two attached hydrogens (primary N) is 1. The number of hydrogen-bond donors (Lipinski definition) is 3. The van der Waals surface area contributed by atoms with E-state index in [1.807, 2.05) is 0 Å². The van der Waals surface area contributed by atoms with Crippen LogP contribution in [0.1, 0.15) is 11.7 Å². The third kappa shape index (κ3) is 2.26. The molecule has 0 saturated heterocycles. The summed E-state index contributed by atoms with van der Waals surface area (Å²) >= 11 is 0. The van der Waals surface area contributed by atoms with Gasteiger partial charge in [0.25, 0.3) is 0 Å². The van der Waals surface area contributed by atoms with Crippen LogP contribution in [0.5, 0.6) is 0 Å². The van der Waals surface area contributed by atoms with E-state index in [9.17, 15) is 5.11 Å². The van der Waals surface area contributed by atoms with Crippen molar-refractivity contribution < 1.29 is 10.2 Å². The molecule has 74 valence electrons. The summed E-state index contributed by atoms with van der Waals surface area (Å²) in [5.41, 5.74) is 6.43. The van der Waals surface area contributed by atoms with Gasteiger partial charge in [-0.15, -0.1) is 0 Å². The first-order valence-electron chi connectivity index (χ1n) is 4.18. The quantitative estimate of drug-likeness (QED) is 0.611. The maximum atomic E-state index is 9.57. The fourth-order valence-corrected chi connectivity index (χ4v) is 1.09. The Balaban J connectivity index is 2.82. The van der Waals surface area contributed by atoms with E-state index < -0.39 is 12.1 Å². The van der Waals surface area contributed by atoms with Crippen molar-refractivity contribution >= 4 is 5.69 Å². The molecular weight excluding hydrogens is 182 g/mol. The Morgan fingerprint density at radius 3 is 2.36 bits per heavy atom. The first-order chi connectivity index (χ1) is 6.69. The summed E-state index contributed by atoms with van der Waals surface area (Å²) in [4.78, 5) is 2.97. The smallest absolute Gasteiger partial charge is 0.385 e. The van der Waals surface area contributed by atoms with Gasteiger partial charge in [-0.1, -0.05) is 0 Å². The molecule has 0 aromatic heterocycles. The minimum Gasteiger partial charge on any atom is -0.395 e. The molecule has 4 N–H and O–H groups in total. The first kappa shape index (κ1) is 10.6. The van der Waals surface area contributed by atoms with Crippen LogP contribution in [0, 0.1) is 5.39 Å². The van der Waals surface area contributed by atoms with Crippen molar-refractivity contribution in [2.75, 3.05) is 6.61 Å². The van der Waals surface area contributed by atoms with Crippen LogP contribution in [-0.4, -0.2) is 22.9 Å². The highest BCUT2D eigenvalue weighted by Gasteiger charge is 2.16. The van der Waals surface area contributed by atoms with Crippen molar-refractivity contribution in [3.8, 4) is 0 Å². The highest BCUT2D eigenvalue weighted by atomic mass is 16.3. The maximum Gasteiger partial charge on any atom is 0.385 e. The minimum absolute atomic E-state index is 0.284. The number of diazo groups is 1. The average Bonchev–Trinajstić information content (AvgIpc) is 2.27. The van der Waals surface area contributed by atoms with Gasteiger partial charge < -0.3 is 15.9 Å². The predicted molar refractivity (Wildman–Crippen MR) is 51.2 cm³/mol. The molecular formula is C9H12N3O2+. The zero-order chi connectivity index (χ0) is 10.6. The SMILES string of the molecule is N#[N+]c1ccc(C(O)C(N)CO)cc1. The zero-order valence-electron chi connectivity index (χ0n) is 7.54. The van der Waals surface area contributed by atoms with Gasteiger partial charge in [-0.05, 0) is 17.7 Å². The molecule has 0 aliphatic heterocycles. The van der Waals surface area contributed by atoms with Crippen LogP contribution in [0.25, 0.3) is 4.98 Å². The van der Waals surface area contributed by atoms with Gasteiger partial charge in [0.15, 0.2) is 4.98 Å². The Hall–Kier alpha value is -1.48. The lowest BCUT2D eigenvalue weighted by Crippen LogP contribution is -2.31. The van der Waals surface area contributed by atoms with Gasteiger partial charge in [-0.25, -0.2) is 0 Å². The molecule has 0 saturated carbocycles. The van der Waals surface area contributed by atoms with E-state index in [1.165, 1.54) is 0 Å². The third-order valence-electron chi connectivity index (χ3n) is 1.97. The fourth-order valence-electron chi connectivity index (χ4n) is 1.09. The number of aliphatic hydroxyl groups is 2. The highest BCUT2D eigenvalue weighted by Crippen LogP contribution is 2.19. The van der Waals surface area contributed by atoms with Gasteiger partial charge in [0.05, 0.1) is 18.8 Å². The van der Waals surface area contributed by atoms with Crippen molar-refractivity contribution in [1.82, 2.24) is 0 Å². The molecule has 0 radical (unpaired) electrons. The Kier molecular flexibility index (Phi) is 3.54. The summed E-state index contributed by atoms with van der Waals surface area (Å²) in [5.74, 6) is 0. The minimum atomic E-state index is -0.909. The number of nitrogens with zero attached hydrogens (tertiary/aromatic N) is 2. The third-order valence-corrected chi connectivity index (χ3v) is 1.97. The monoisotopic (exact) mass is 194 g/mol. The molecule has 0 fully saturated rings. The molecule has 0 aliphatic carbocycles. The second-order valence-corrected chi connectivity index (χ2v) is 2.98. The highest BCUT2D eigenvalue weighted by molar-refractivity contribution is 5.45. The molecule has 14 heavy (non-hydrogen) atoms. The lowest BCUT2D eigenvalue weighted by Gasteiger charge is -2.15. The van der Waals surface area contributed by atoms with Gasteiger partial charge in [-0.2, -0.15) is 0 Å². The summed E-state index contributed by atoms with van der Waals surface area (Å²) < 4.78 is 0. The van der Waals surface area contributed by atoms with Crippen LogP contribution < -0.4 is 5.73 Å². The average molecular weight is 194 g/mol. The topological polar surface area (TPSA) is 94.6 Å². The molecule has 5 nitrogen and oxygen atoms in total. The van der Waals surface area contributed by atoms with Crippen molar-refractivity contribution in [1.29, 1.82) is 5.39 Å². The second kappa shape index (κ2) is 4.67. The Labute approximate surface area is 81.4 Å². The summed E-state index contributed by atoms with van der Waals surface area (Å²) in [6, 6.07) is 5.57. The lowest BCUT2D eigenvalue weighted by molar-refractivity contribution is 0.109. The van der Waals surface area contributed by atoms with Gasteiger partial charge in [0.2, 0.25) is 5.39 Å². The van der Waals surface area contributed by atoms with Crippen LogP contribution in [0.4, 0.5) is 5.69 Å². The number of aliphatic hydroxyl groups excluding tert-OH is 2. The van der Waals surface area contributed by atoms with Crippen molar-refractivity contribution in [2.24, 2.45) is 5.73 Å². The zero-order valence-corrected chi connectivity index (χ0v) is 7.54. The van der Waals surface area contributed by atoms with Crippen molar-refractivity contribution in [3.05, 3.63) is 34.8 Å². The predicted octanol–water partition coefficient (Wildman–Crippen LogP) is 0.524. The number of benzene rings is 1. The van der Waals surface area contributed by atoms with E-state index in [0.29, 0.717) is 11.3 Å². The van der Waals surface area contributed by atoms with E-state index in [-0.39, 0.29) is 6.61 Å². The molecule has 1 aromatic rings. The van der Waals surface area contributed by atoms with Gasteiger partial charge in [0.1, 0.15) is 0 Å². The molecule has 0 amide bonds. The fraction of sp³-hybridized carbons (Fsp3) is 0.333. The van der Waals surface area contributed by atoms with Gasteiger partial charge in [0, 0.05) is 12.1 Å². The van der Waals surface area contributed by atoms with E-state index in [4.69, 9.17) is 16.2 Å². The van der Waals surface area contributed by atoms with Crippen LogP contribution in [-0.2, 0) is 0 Å². The molecule has 0 heterocycles. The first-order valence-corrected chi connectivity index (χ1v) is 4.18. The molecule has 1 rings (SSSR count). The molecule has 0 spiro atoms. The summed E-state index contributed by atoms with van der Waals surface area (Å²) in [6.45, 7) is -0.284. The molecule has 1 aromatic carbocycles. The van der Waals surface area contributed by atoms with Crippen molar-refractivity contribution in [2.45, 2.75) is 12.1 Å². The van der Waals surface area contributed by atoms with E-state index >= 15 is 0 Å². The van der Waals surface area contributed by atoms with E-state index in [2.05, 4.69) is 4.98 Å². The molecule has 2 atom stereocenters. The van der Waals surface area contributed by atoms with Crippen LogP contribution in [0.15, 0.2) is 24.3 Å². The van der Waals surface area contributed by atoms with Crippen LogP contribution >= 0.6 is 0 Å². The van der Waals surface area contributed by atoms with Crippen LogP contribution in [0.3, 0.4) is 0 Å². The van der Waals surface area contributed by atoms with Crippen LogP contribution in [0.2, 0.25) is 0 Å². The molecule has 0 bridgehead atoms. The standard InChI is InChI=1S/C9H12N3O2/c10-8(5-13)9(14)6-1-3-7(12-11)4-2-6/h1-4,8-9,13-14H,5,10H2/q+1. The lowest BCUT2D eigenvalue weighted by atomic mass is 10.0. The normalized spacial score (nSPS) is 14.4. The Morgan fingerprint density at radius 1 is 1.36 bits per heavy atom. The summed E-state index contributed by atoms with van der Waals surface area (Å²) in [5, 5.41) is 26.7. The Morgan fingerprint density at radius 2 is 1.93 bits per heavy atom. The van der Waals surface area contributed by atoms with Gasteiger partial charge >= 0.3 is 5.69 Å². The summed E-state index contributed by atoms with van der Waals surface area (Å²) in [7, 11) is 0. The second-order valence-electron chi connectivity index (χ2n) is 2.98. The molecule has 0 aliphatic rings. The number of hydrogen-bond acceptors (Lipinski definition) is 4. The van der Waals surface area contributed by atoms with E-state index in [1.54, 1.807) is 24.3 Å². The summed E-state index contributed by atoms with van der Waals surface area (Å²) in [6.07, 6.45) is -0.909.